The minimum absolute atomic E-state index is 0. The van der Waals surface area contributed by atoms with Crippen LogP contribution in [-0.4, -0.2) is 5.78 Å². The standard InChI is InChI=1S/C10H6O2.K/c11-9-5-6-10(12)8-4-2-1-3-7(8)9;/h1-5,12H;/q;+1/p-1. The second-order valence-electron chi connectivity index (χ2n) is 2.53. The first-order valence-electron chi connectivity index (χ1n) is 3.56. The molecule has 0 bridgehead atoms. The van der Waals surface area contributed by atoms with Gasteiger partial charge >= 0.3 is 51.4 Å². The van der Waals surface area contributed by atoms with E-state index in [2.05, 4.69) is 5.73 Å². The number of fused-ring (bicyclic) bond motifs is 1. The van der Waals surface area contributed by atoms with Crippen molar-refractivity contribution in [1.82, 2.24) is 0 Å². The number of hydrogen-bond donors (Lipinski definition) is 0. The van der Waals surface area contributed by atoms with Crippen molar-refractivity contribution in [3.05, 3.63) is 47.2 Å². The molecule has 0 radical (unpaired) electrons. The minimum atomic E-state index is -0.217. The SMILES string of the molecule is O=C1C=C=C([O-])c2ccccc21.[K+]. The Kier molecular flexibility index (Phi) is 3.68. The van der Waals surface area contributed by atoms with Crippen LogP contribution >= 0.6 is 0 Å². The van der Waals surface area contributed by atoms with Crippen molar-refractivity contribution in [3.63, 3.8) is 0 Å². The molecule has 0 atom stereocenters. The molecule has 0 N–H and O–H groups in total. The summed E-state index contributed by atoms with van der Waals surface area (Å²) in [5.41, 5.74) is 3.30. The van der Waals surface area contributed by atoms with Crippen molar-refractivity contribution in [2.75, 3.05) is 0 Å². The van der Waals surface area contributed by atoms with Gasteiger partial charge in [-0.25, -0.2) is 0 Å². The molecule has 1 aliphatic rings. The smallest absolute Gasteiger partial charge is 0.866 e. The molecule has 0 aromatic heterocycles. The van der Waals surface area contributed by atoms with Crippen molar-refractivity contribution in [1.29, 1.82) is 0 Å². The molecule has 1 aromatic carbocycles. The van der Waals surface area contributed by atoms with Gasteiger partial charge in [-0.15, -0.1) is 5.73 Å². The van der Waals surface area contributed by atoms with Gasteiger partial charge in [0.25, 0.3) is 0 Å². The third-order valence-corrected chi connectivity index (χ3v) is 1.77. The molecular formula is C10H5KO2. The van der Waals surface area contributed by atoms with E-state index in [0.29, 0.717) is 11.1 Å². The number of carbonyl (C=O) groups excluding carboxylic acids is 1. The van der Waals surface area contributed by atoms with E-state index in [4.69, 9.17) is 0 Å². The first kappa shape index (κ1) is 10.9. The summed E-state index contributed by atoms with van der Waals surface area (Å²) in [4.78, 5) is 11.2. The molecule has 0 saturated heterocycles. The number of rotatable bonds is 0. The molecule has 0 spiro atoms. The van der Waals surface area contributed by atoms with Crippen LogP contribution in [0.3, 0.4) is 0 Å². The third-order valence-electron chi connectivity index (χ3n) is 1.77. The van der Waals surface area contributed by atoms with Gasteiger partial charge in [0.05, 0.1) is 0 Å². The molecule has 0 amide bonds. The molecular weight excluding hydrogens is 191 g/mol. The summed E-state index contributed by atoms with van der Waals surface area (Å²) in [5.74, 6) is -0.365. The van der Waals surface area contributed by atoms with Gasteiger partial charge in [-0.2, -0.15) is 0 Å². The number of benzene rings is 1. The maximum absolute atomic E-state index is 11.2. The van der Waals surface area contributed by atoms with Gasteiger partial charge in [-0.3, -0.25) is 4.79 Å². The third kappa shape index (κ3) is 2.02. The van der Waals surface area contributed by atoms with Crippen LogP contribution in [-0.2, 0) is 0 Å². The molecule has 0 aliphatic heterocycles. The first-order valence-corrected chi connectivity index (χ1v) is 3.56. The van der Waals surface area contributed by atoms with Gasteiger partial charge in [-0.1, -0.05) is 30.0 Å². The molecule has 58 valence electrons. The fraction of sp³-hybridized carbons (Fsp3) is 0. The Morgan fingerprint density at radius 2 is 1.77 bits per heavy atom. The Labute approximate surface area is 118 Å². The van der Waals surface area contributed by atoms with Crippen molar-refractivity contribution >= 4 is 11.5 Å². The Morgan fingerprint density at radius 1 is 1.15 bits per heavy atom. The van der Waals surface area contributed by atoms with Gasteiger partial charge in [0.15, 0.2) is 5.78 Å². The molecule has 2 nitrogen and oxygen atoms in total. The van der Waals surface area contributed by atoms with E-state index < -0.39 is 0 Å². The van der Waals surface area contributed by atoms with E-state index in [1.807, 2.05) is 0 Å². The molecule has 1 aromatic rings. The molecule has 3 heteroatoms. The zero-order chi connectivity index (χ0) is 8.55. The van der Waals surface area contributed by atoms with Crippen LogP contribution in [0.1, 0.15) is 15.9 Å². The first-order chi connectivity index (χ1) is 5.79. The minimum Gasteiger partial charge on any atom is -0.866 e. The Balaban J connectivity index is 0.000000845. The van der Waals surface area contributed by atoms with Crippen molar-refractivity contribution in [3.8, 4) is 0 Å². The molecule has 0 fully saturated rings. The number of ketones is 1. The summed E-state index contributed by atoms with van der Waals surface area (Å²) in [7, 11) is 0. The predicted octanol–water partition coefficient (Wildman–Crippen LogP) is -2.26. The number of allylic oxidation sites excluding steroid dienone is 1. The number of hydrogen-bond acceptors (Lipinski definition) is 2. The molecule has 1 aliphatic carbocycles. The van der Waals surface area contributed by atoms with Gasteiger partial charge in [0.2, 0.25) is 0 Å². The fourth-order valence-corrected chi connectivity index (χ4v) is 1.18. The summed E-state index contributed by atoms with van der Waals surface area (Å²) < 4.78 is 0. The van der Waals surface area contributed by atoms with Crippen LogP contribution in [0.5, 0.6) is 0 Å². The van der Waals surface area contributed by atoms with E-state index in [9.17, 15) is 9.90 Å². The van der Waals surface area contributed by atoms with Gasteiger partial charge < -0.3 is 5.11 Å². The maximum atomic E-state index is 11.2. The summed E-state index contributed by atoms with van der Waals surface area (Å²) in [6, 6.07) is 6.75. The van der Waals surface area contributed by atoms with Crippen LogP contribution in [0.15, 0.2) is 36.1 Å². The summed E-state index contributed by atoms with van der Waals surface area (Å²) in [6.45, 7) is 0. The van der Waals surface area contributed by atoms with Gasteiger partial charge in [0, 0.05) is 11.6 Å². The van der Waals surface area contributed by atoms with Crippen LogP contribution in [0, 0.1) is 0 Å². The van der Waals surface area contributed by atoms with Gasteiger partial charge in [0.1, 0.15) is 0 Å². The summed E-state index contributed by atoms with van der Waals surface area (Å²) >= 11 is 0. The average Bonchev–Trinajstić information content (AvgIpc) is 2.12. The molecule has 2 rings (SSSR count). The topological polar surface area (TPSA) is 40.1 Å². The van der Waals surface area contributed by atoms with E-state index in [-0.39, 0.29) is 62.9 Å². The molecule has 0 saturated carbocycles. The fourth-order valence-electron chi connectivity index (χ4n) is 1.18. The zero-order valence-corrected chi connectivity index (χ0v) is 10.3. The molecule has 0 unspecified atom stereocenters. The van der Waals surface area contributed by atoms with E-state index >= 15 is 0 Å². The second-order valence-corrected chi connectivity index (χ2v) is 2.53. The monoisotopic (exact) mass is 196 g/mol. The second kappa shape index (κ2) is 4.38. The predicted molar refractivity (Wildman–Crippen MR) is 42.3 cm³/mol. The Morgan fingerprint density at radius 3 is 2.38 bits per heavy atom. The quantitative estimate of drug-likeness (QED) is 0.347. The van der Waals surface area contributed by atoms with Crippen LogP contribution in [0.4, 0.5) is 0 Å². The molecule has 0 heterocycles. The van der Waals surface area contributed by atoms with E-state index in [0.717, 1.165) is 0 Å². The van der Waals surface area contributed by atoms with Crippen LogP contribution < -0.4 is 56.5 Å². The normalized spacial score (nSPS) is 12.9. The summed E-state index contributed by atoms with van der Waals surface area (Å²) in [6.07, 6.45) is 1.19. The van der Waals surface area contributed by atoms with Gasteiger partial charge in [-0.05, 0) is 5.56 Å². The maximum Gasteiger partial charge on any atom is 1.00 e. The zero-order valence-electron chi connectivity index (χ0n) is 7.20. The Bertz CT molecular complexity index is 415. The van der Waals surface area contributed by atoms with Crippen molar-refractivity contribution < 1.29 is 61.3 Å². The molecule has 13 heavy (non-hydrogen) atoms. The van der Waals surface area contributed by atoms with Crippen LogP contribution in [0.2, 0.25) is 0 Å². The largest absolute Gasteiger partial charge is 1.00 e. The number of carbonyl (C=O) groups is 1. The average molecular weight is 196 g/mol. The van der Waals surface area contributed by atoms with Crippen LogP contribution in [0.25, 0.3) is 5.76 Å². The Hall–Kier alpha value is -0.154. The van der Waals surface area contributed by atoms with E-state index in [1.54, 1.807) is 24.3 Å². The van der Waals surface area contributed by atoms with Crippen molar-refractivity contribution in [2.45, 2.75) is 0 Å². The van der Waals surface area contributed by atoms with Crippen molar-refractivity contribution in [2.24, 2.45) is 0 Å². The van der Waals surface area contributed by atoms with E-state index in [1.165, 1.54) is 6.08 Å². The summed E-state index contributed by atoms with van der Waals surface area (Å²) in [5, 5.41) is 11.1.